The topological polar surface area (TPSA) is 59.7 Å². The lowest BCUT2D eigenvalue weighted by atomic mass is 10.1. The zero-order chi connectivity index (χ0) is 11.0. The van der Waals surface area contributed by atoms with Gasteiger partial charge in [-0.15, -0.1) is 5.10 Å². The van der Waals surface area contributed by atoms with Crippen molar-refractivity contribution in [2.45, 2.75) is 6.42 Å². The second-order valence-corrected chi connectivity index (χ2v) is 3.67. The predicted octanol–water partition coefficient (Wildman–Crippen LogP) is 1.24. The minimum absolute atomic E-state index is 0.211. The van der Waals surface area contributed by atoms with Gasteiger partial charge in [-0.05, 0) is 24.1 Å². The van der Waals surface area contributed by atoms with Crippen molar-refractivity contribution in [3.8, 4) is 6.01 Å². The molecule has 0 spiro atoms. The summed E-state index contributed by atoms with van der Waals surface area (Å²) in [6.07, 6.45) is 4.52. The highest BCUT2D eigenvalue weighted by Gasteiger charge is 2.11. The van der Waals surface area contributed by atoms with E-state index in [0.29, 0.717) is 6.61 Å². The monoisotopic (exact) mass is 217 g/mol. The number of nitrogens with zero attached hydrogens (tertiary/aromatic N) is 3. The van der Waals surface area contributed by atoms with Gasteiger partial charge in [-0.25, -0.2) is 9.50 Å². The Hall–Kier alpha value is -1.88. The molecule has 3 rings (SSSR count). The molecule has 0 bridgehead atoms. The average Bonchev–Trinajstić information content (AvgIpc) is 2.73. The highest BCUT2D eigenvalue weighted by atomic mass is 16.5. The third kappa shape index (κ3) is 1.45. The predicted molar refractivity (Wildman–Crippen MR) is 58.1 cm³/mol. The molecule has 1 N–H and O–H groups in total. The van der Waals surface area contributed by atoms with E-state index in [4.69, 9.17) is 4.74 Å². The Bertz CT molecular complexity index is 559. The van der Waals surface area contributed by atoms with Crippen molar-refractivity contribution in [2.75, 3.05) is 13.2 Å². The van der Waals surface area contributed by atoms with E-state index in [-0.39, 0.29) is 6.01 Å². The molecule has 5 nitrogen and oxygen atoms in total. The van der Waals surface area contributed by atoms with Gasteiger partial charge in [0.15, 0.2) is 0 Å². The van der Waals surface area contributed by atoms with Crippen LogP contribution in [0.5, 0.6) is 6.01 Å². The summed E-state index contributed by atoms with van der Waals surface area (Å²) in [5.41, 5.74) is 3.07. The van der Waals surface area contributed by atoms with Crippen LogP contribution in [0.1, 0.15) is 12.1 Å². The molecule has 16 heavy (non-hydrogen) atoms. The smallest absolute Gasteiger partial charge is 0.331 e. The fourth-order valence-electron chi connectivity index (χ4n) is 1.90. The minimum atomic E-state index is -0.211. The van der Waals surface area contributed by atoms with Crippen LogP contribution in [0.25, 0.3) is 11.1 Å². The van der Waals surface area contributed by atoms with E-state index >= 15 is 0 Å². The Balaban J connectivity index is 2.16. The van der Waals surface area contributed by atoms with Crippen LogP contribution >= 0.6 is 0 Å². The lowest BCUT2D eigenvalue weighted by molar-refractivity contribution is 0.161. The Morgan fingerprint density at radius 3 is 3.12 bits per heavy atom. The summed E-state index contributed by atoms with van der Waals surface area (Å²) in [7, 11) is 0. The maximum atomic E-state index is 9.28. The van der Waals surface area contributed by atoms with Gasteiger partial charge in [-0.1, -0.05) is 6.08 Å². The average molecular weight is 217 g/mol. The van der Waals surface area contributed by atoms with Crippen molar-refractivity contribution in [3.63, 3.8) is 0 Å². The Labute approximate surface area is 92.0 Å². The first-order valence-corrected chi connectivity index (χ1v) is 5.15. The van der Waals surface area contributed by atoms with Crippen LogP contribution in [0, 0.1) is 0 Å². The summed E-state index contributed by atoms with van der Waals surface area (Å²) >= 11 is 0. The van der Waals surface area contributed by atoms with E-state index in [2.05, 4.69) is 10.1 Å². The first-order valence-electron chi connectivity index (χ1n) is 5.15. The maximum Gasteiger partial charge on any atom is 0.331 e. The molecule has 0 atom stereocenters. The standard InChI is InChI=1S/C11H11N3O2/c15-11-12-7-9-1-2-10(14(9)13-11)8-3-5-16-6-4-8/h1-3,7H,4-6H2,(H,13,15). The first-order chi connectivity index (χ1) is 7.84. The molecule has 1 aliphatic heterocycles. The van der Waals surface area contributed by atoms with Crippen LogP contribution in [0.15, 0.2) is 24.4 Å². The fourth-order valence-corrected chi connectivity index (χ4v) is 1.90. The van der Waals surface area contributed by atoms with Gasteiger partial charge >= 0.3 is 6.01 Å². The lowest BCUT2D eigenvalue weighted by Crippen LogP contribution is -2.06. The molecule has 2 aromatic rings. The van der Waals surface area contributed by atoms with Gasteiger partial charge in [-0.3, -0.25) is 0 Å². The quantitative estimate of drug-likeness (QED) is 0.780. The number of hydrogen-bond donors (Lipinski definition) is 1. The van der Waals surface area contributed by atoms with E-state index < -0.39 is 0 Å². The molecule has 0 aromatic carbocycles. The van der Waals surface area contributed by atoms with Gasteiger partial charge in [0.2, 0.25) is 0 Å². The highest BCUT2D eigenvalue weighted by Crippen LogP contribution is 2.23. The summed E-state index contributed by atoms with van der Waals surface area (Å²) in [5.74, 6) is 0. The van der Waals surface area contributed by atoms with Crippen molar-refractivity contribution in [3.05, 3.63) is 30.1 Å². The van der Waals surface area contributed by atoms with Gasteiger partial charge in [-0.2, -0.15) is 0 Å². The fraction of sp³-hybridized carbons (Fsp3) is 0.273. The van der Waals surface area contributed by atoms with Crippen LogP contribution in [0.2, 0.25) is 0 Å². The normalized spacial score (nSPS) is 16.4. The van der Waals surface area contributed by atoms with E-state index in [9.17, 15) is 5.11 Å². The second-order valence-electron chi connectivity index (χ2n) is 3.67. The van der Waals surface area contributed by atoms with Gasteiger partial charge in [0.05, 0.1) is 30.6 Å². The van der Waals surface area contributed by atoms with Crippen LogP contribution < -0.4 is 0 Å². The number of rotatable bonds is 1. The molecule has 3 heterocycles. The Morgan fingerprint density at radius 1 is 1.38 bits per heavy atom. The molecule has 0 saturated heterocycles. The molecule has 0 saturated carbocycles. The molecule has 2 aromatic heterocycles. The molecule has 0 aliphatic carbocycles. The van der Waals surface area contributed by atoms with Crippen LogP contribution in [-0.2, 0) is 4.74 Å². The molecule has 82 valence electrons. The lowest BCUT2D eigenvalue weighted by Gasteiger charge is -2.12. The molecule has 0 amide bonds. The zero-order valence-corrected chi connectivity index (χ0v) is 8.63. The number of aromatic nitrogens is 3. The molecule has 5 heteroatoms. The summed E-state index contributed by atoms with van der Waals surface area (Å²) in [4.78, 5) is 3.75. The number of aromatic hydroxyl groups is 1. The largest absolute Gasteiger partial charge is 0.478 e. The van der Waals surface area contributed by atoms with E-state index in [0.717, 1.165) is 24.2 Å². The number of hydrogen-bond acceptors (Lipinski definition) is 4. The van der Waals surface area contributed by atoms with Crippen LogP contribution in [0.4, 0.5) is 0 Å². The Morgan fingerprint density at radius 2 is 2.31 bits per heavy atom. The number of ether oxygens (including phenoxy) is 1. The summed E-state index contributed by atoms with van der Waals surface area (Å²) in [6.45, 7) is 1.37. The molecule has 1 aliphatic rings. The van der Waals surface area contributed by atoms with E-state index in [1.54, 1.807) is 10.7 Å². The molecule has 0 radical (unpaired) electrons. The van der Waals surface area contributed by atoms with Crippen molar-refractivity contribution >= 4 is 11.1 Å². The molecular formula is C11H11N3O2. The summed E-state index contributed by atoms with van der Waals surface area (Å²) in [5, 5.41) is 13.3. The summed E-state index contributed by atoms with van der Waals surface area (Å²) in [6, 6.07) is 3.71. The third-order valence-electron chi connectivity index (χ3n) is 2.68. The zero-order valence-electron chi connectivity index (χ0n) is 8.63. The molecular weight excluding hydrogens is 206 g/mol. The van der Waals surface area contributed by atoms with Crippen LogP contribution in [-0.4, -0.2) is 32.9 Å². The minimum Gasteiger partial charge on any atom is -0.478 e. The molecule has 0 unspecified atom stereocenters. The van der Waals surface area contributed by atoms with Crippen molar-refractivity contribution < 1.29 is 9.84 Å². The highest BCUT2D eigenvalue weighted by molar-refractivity contribution is 5.67. The second kappa shape index (κ2) is 3.61. The van der Waals surface area contributed by atoms with Gasteiger partial charge in [0.1, 0.15) is 0 Å². The first kappa shape index (κ1) is 9.35. The number of fused-ring (bicyclic) bond motifs is 1. The third-order valence-corrected chi connectivity index (χ3v) is 2.68. The molecule has 0 fully saturated rings. The maximum absolute atomic E-state index is 9.28. The Kier molecular flexibility index (Phi) is 2.11. The van der Waals surface area contributed by atoms with Gasteiger partial charge < -0.3 is 9.84 Å². The van der Waals surface area contributed by atoms with Crippen molar-refractivity contribution in [1.29, 1.82) is 0 Å². The SMILES string of the molecule is Oc1ncc2ccc(C3=CCOCC3)n2n1. The van der Waals surface area contributed by atoms with Crippen molar-refractivity contribution in [2.24, 2.45) is 0 Å². The van der Waals surface area contributed by atoms with Crippen molar-refractivity contribution in [1.82, 2.24) is 14.6 Å². The van der Waals surface area contributed by atoms with E-state index in [1.807, 2.05) is 18.2 Å². The van der Waals surface area contributed by atoms with Gasteiger partial charge in [0.25, 0.3) is 0 Å². The van der Waals surface area contributed by atoms with Crippen LogP contribution in [0.3, 0.4) is 0 Å². The van der Waals surface area contributed by atoms with E-state index in [1.165, 1.54) is 5.57 Å². The van der Waals surface area contributed by atoms with Gasteiger partial charge in [0, 0.05) is 0 Å². The summed E-state index contributed by atoms with van der Waals surface area (Å²) < 4.78 is 6.97.